The van der Waals surface area contributed by atoms with E-state index in [1.165, 1.54) is 6.33 Å². The average Bonchev–Trinajstić information content (AvgIpc) is 3.14. The zero-order valence-corrected chi connectivity index (χ0v) is 13.8. The van der Waals surface area contributed by atoms with E-state index < -0.39 is 5.56 Å². The molecule has 4 aromatic rings. The summed E-state index contributed by atoms with van der Waals surface area (Å²) in [7, 11) is 1.96. The van der Waals surface area contributed by atoms with Crippen LogP contribution in [0.2, 0.25) is 0 Å². The molecule has 3 heterocycles. The van der Waals surface area contributed by atoms with Gasteiger partial charge in [-0.2, -0.15) is 0 Å². The summed E-state index contributed by atoms with van der Waals surface area (Å²) in [5.41, 5.74) is 2.06. The Morgan fingerprint density at radius 3 is 3.04 bits per heavy atom. The summed E-state index contributed by atoms with van der Waals surface area (Å²) in [6, 6.07) is 7.98. The Morgan fingerprint density at radius 1 is 1.36 bits per heavy atom. The number of nitrogens with one attached hydrogen (secondary N) is 2. The molecule has 2 N–H and O–H groups in total. The van der Waals surface area contributed by atoms with Crippen LogP contribution < -0.4 is 10.9 Å². The molecule has 0 spiro atoms. The molecule has 1 amide bonds. The van der Waals surface area contributed by atoms with Crippen molar-refractivity contribution in [2.24, 2.45) is 7.05 Å². The second kappa shape index (κ2) is 5.62. The topological polar surface area (TPSA) is 92.9 Å². The van der Waals surface area contributed by atoms with E-state index in [1.54, 1.807) is 6.92 Å². The number of aromatic nitrogens is 3. The Morgan fingerprint density at radius 2 is 2.20 bits per heavy atom. The van der Waals surface area contributed by atoms with Gasteiger partial charge in [0.2, 0.25) is 5.71 Å². The zero-order valence-electron chi connectivity index (χ0n) is 13.8. The lowest BCUT2D eigenvalue weighted by Crippen LogP contribution is -2.24. The van der Waals surface area contributed by atoms with E-state index in [0.717, 1.165) is 16.5 Å². The smallest absolute Gasteiger partial charge is 0.262 e. The Labute approximate surface area is 142 Å². The van der Waals surface area contributed by atoms with Gasteiger partial charge in [0.15, 0.2) is 0 Å². The first kappa shape index (κ1) is 15.2. The molecule has 0 aliphatic carbocycles. The van der Waals surface area contributed by atoms with E-state index in [2.05, 4.69) is 15.3 Å². The number of nitrogens with zero attached hydrogens (tertiary/aromatic N) is 2. The molecule has 1 aromatic carbocycles. The third-order valence-electron chi connectivity index (χ3n) is 4.32. The molecule has 0 aliphatic heterocycles. The van der Waals surface area contributed by atoms with Gasteiger partial charge in [-0.25, -0.2) is 4.98 Å². The zero-order chi connectivity index (χ0) is 17.6. The summed E-state index contributed by atoms with van der Waals surface area (Å²) < 4.78 is 7.45. The minimum Gasteiger partial charge on any atom is -0.442 e. The molecule has 0 radical (unpaired) electrons. The number of H-pyrrole nitrogens is 1. The fourth-order valence-electron chi connectivity index (χ4n) is 3.18. The molecule has 0 aliphatic rings. The van der Waals surface area contributed by atoms with Crippen LogP contribution in [0.1, 0.15) is 21.7 Å². The van der Waals surface area contributed by atoms with Crippen LogP contribution in [0.25, 0.3) is 22.0 Å². The van der Waals surface area contributed by atoms with Gasteiger partial charge in [0.05, 0.1) is 17.4 Å². The highest BCUT2D eigenvalue weighted by molar-refractivity contribution is 6.06. The number of hydrogen-bond donors (Lipinski definition) is 2. The Balaban J connectivity index is 1.68. The van der Waals surface area contributed by atoms with Crippen LogP contribution in [0.5, 0.6) is 0 Å². The maximum Gasteiger partial charge on any atom is 0.262 e. The highest BCUT2D eigenvalue weighted by atomic mass is 16.3. The van der Waals surface area contributed by atoms with E-state index in [4.69, 9.17) is 4.42 Å². The second-order valence-electron chi connectivity index (χ2n) is 5.91. The van der Waals surface area contributed by atoms with Crippen molar-refractivity contribution in [3.8, 4) is 0 Å². The molecule has 0 bridgehead atoms. The number of carbonyl (C=O) groups is 1. The summed E-state index contributed by atoms with van der Waals surface area (Å²) in [6.07, 6.45) is 3.24. The second-order valence-corrected chi connectivity index (χ2v) is 5.91. The van der Waals surface area contributed by atoms with Crippen LogP contribution >= 0.6 is 0 Å². The lowest BCUT2D eigenvalue weighted by Gasteiger charge is -2.08. The van der Waals surface area contributed by atoms with E-state index in [1.807, 2.05) is 42.1 Å². The van der Waals surface area contributed by atoms with Gasteiger partial charge in [-0.15, -0.1) is 0 Å². The molecule has 0 saturated heterocycles. The van der Waals surface area contributed by atoms with Crippen molar-refractivity contribution in [2.45, 2.75) is 13.5 Å². The standard InChI is InChI=1S/C18H16N4O3/c1-10-13(14-17(24)20-9-21-18(14)25-10)16(23)19-8-12-5-3-4-11-6-7-22(2)15(11)12/h3-7,9H,8H2,1-2H3,(H,19,23)(H,20,21,24). The van der Waals surface area contributed by atoms with Gasteiger partial charge in [-0.05, 0) is 23.9 Å². The highest BCUT2D eigenvalue weighted by Gasteiger charge is 2.21. The first-order chi connectivity index (χ1) is 12.1. The fraction of sp³-hybridized carbons (Fsp3) is 0.167. The molecular weight excluding hydrogens is 320 g/mol. The monoisotopic (exact) mass is 336 g/mol. The molecule has 25 heavy (non-hydrogen) atoms. The average molecular weight is 336 g/mol. The predicted molar refractivity (Wildman–Crippen MR) is 93.5 cm³/mol. The van der Waals surface area contributed by atoms with Crippen molar-refractivity contribution in [1.29, 1.82) is 0 Å². The van der Waals surface area contributed by atoms with Crippen LogP contribution in [0, 0.1) is 6.92 Å². The molecule has 4 rings (SSSR count). The molecule has 3 aromatic heterocycles. The number of amides is 1. The number of aryl methyl sites for hydroxylation is 2. The van der Waals surface area contributed by atoms with Gasteiger partial charge in [-0.3, -0.25) is 9.59 Å². The molecule has 0 saturated carbocycles. The molecule has 0 atom stereocenters. The summed E-state index contributed by atoms with van der Waals surface area (Å²) >= 11 is 0. The lowest BCUT2D eigenvalue weighted by molar-refractivity contribution is 0.0951. The largest absolute Gasteiger partial charge is 0.442 e. The Bertz CT molecular complexity index is 1170. The summed E-state index contributed by atoms with van der Waals surface area (Å²) in [6.45, 7) is 1.99. The van der Waals surface area contributed by atoms with Crippen LogP contribution in [0.15, 0.2) is 46.0 Å². The Kier molecular flexibility index (Phi) is 3.42. The fourth-order valence-corrected chi connectivity index (χ4v) is 3.18. The number of carbonyl (C=O) groups excluding carboxylic acids is 1. The molecule has 7 heteroatoms. The number of hydrogen-bond acceptors (Lipinski definition) is 4. The number of furan rings is 1. The first-order valence-corrected chi connectivity index (χ1v) is 7.84. The minimum atomic E-state index is -0.392. The van der Waals surface area contributed by atoms with Crippen LogP contribution in [0.3, 0.4) is 0 Å². The number of para-hydroxylation sites is 1. The molecule has 126 valence electrons. The molecular formula is C18H16N4O3. The quantitative estimate of drug-likeness (QED) is 0.600. The van der Waals surface area contributed by atoms with Crippen molar-refractivity contribution >= 4 is 27.9 Å². The van der Waals surface area contributed by atoms with E-state index in [9.17, 15) is 9.59 Å². The summed E-state index contributed by atoms with van der Waals surface area (Å²) in [4.78, 5) is 31.1. The van der Waals surface area contributed by atoms with Gasteiger partial charge in [0.25, 0.3) is 11.5 Å². The third-order valence-corrected chi connectivity index (χ3v) is 4.32. The molecule has 0 unspecified atom stereocenters. The van der Waals surface area contributed by atoms with Crippen molar-refractivity contribution in [3.05, 3.63) is 64.0 Å². The summed E-state index contributed by atoms with van der Waals surface area (Å²) in [5.74, 6) is 0.00902. The minimum absolute atomic E-state index is 0.163. The number of aromatic amines is 1. The third kappa shape index (κ3) is 2.40. The number of rotatable bonds is 3. The molecule has 0 fully saturated rings. The summed E-state index contributed by atoms with van der Waals surface area (Å²) in [5, 5.41) is 4.16. The highest BCUT2D eigenvalue weighted by Crippen LogP contribution is 2.22. The maximum absolute atomic E-state index is 12.7. The van der Waals surface area contributed by atoms with Gasteiger partial charge < -0.3 is 19.3 Å². The van der Waals surface area contributed by atoms with Gasteiger partial charge in [-0.1, -0.05) is 18.2 Å². The SMILES string of the molecule is Cc1oc2nc[nH]c(=O)c2c1C(=O)NCc1cccc2ccn(C)c12. The van der Waals surface area contributed by atoms with E-state index >= 15 is 0 Å². The van der Waals surface area contributed by atoms with E-state index in [0.29, 0.717) is 12.3 Å². The van der Waals surface area contributed by atoms with Crippen molar-refractivity contribution < 1.29 is 9.21 Å². The maximum atomic E-state index is 12.7. The van der Waals surface area contributed by atoms with Crippen molar-refractivity contribution in [2.75, 3.05) is 0 Å². The number of benzene rings is 1. The van der Waals surface area contributed by atoms with Crippen molar-refractivity contribution in [1.82, 2.24) is 19.9 Å². The molecule has 7 nitrogen and oxygen atoms in total. The van der Waals surface area contributed by atoms with Crippen molar-refractivity contribution in [3.63, 3.8) is 0 Å². The van der Waals surface area contributed by atoms with Gasteiger partial charge >= 0.3 is 0 Å². The van der Waals surface area contributed by atoms with Gasteiger partial charge in [0.1, 0.15) is 11.1 Å². The van der Waals surface area contributed by atoms with Crippen LogP contribution in [-0.2, 0) is 13.6 Å². The normalized spacial score (nSPS) is 11.3. The Hall–Kier alpha value is -3.35. The first-order valence-electron chi connectivity index (χ1n) is 7.84. The van der Waals surface area contributed by atoms with Crippen LogP contribution in [0.4, 0.5) is 0 Å². The van der Waals surface area contributed by atoms with Gasteiger partial charge in [0, 0.05) is 19.8 Å². The lowest BCUT2D eigenvalue weighted by atomic mass is 10.1. The number of fused-ring (bicyclic) bond motifs is 2. The van der Waals surface area contributed by atoms with Crippen LogP contribution in [-0.4, -0.2) is 20.4 Å². The predicted octanol–water partition coefficient (Wildman–Crippen LogP) is 2.25. The van der Waals surface area contributed by atoms with E-state index in [-0.39, 0.29) is 22.6 Å².